The van der Waals surface area contributed by atoms with Gasteiger partial charge in [-0.2, -0.15) is 0 Å². The molecule has 0 spiro atoms. The Morgan fingerprint density at radius 3 is 2.62 bits per heavy atom. The maximum Gasteiger partial charge on any atom is 0.207 e. The van der Waals surface area contributed by atoms with Gasteiger partial charge in [0.05, 0.1) is 6.04 Å². The molecule has 1 heterocycles. The highest BCUT2D eigenvalue weighted by Crippen LogP contribution is 2.36. The second-order valence-corrected chi connectivity index (χ2v) is 5.26. The quantitative estimate of drug-likeness (QED) is 0.697. The first kappa shape index (κ1) is 13.4. The normalized spacial score (nSPS) is 12.3. The standard InChI is InChI=1S/C18H18N2O/c1-12(19-11-21)14-7-3-4-8-15(14)18-13(2)20-17-10-6-5-9-16(17)18/h3-12,20H,1-2H3,(H,19,21). The summed E-state index contributed by atoms with van der Waals surface area (Å²) in [5.41, 5.74) is 5.77. The van der Waals surface area contributed by atoms with E-state index < -0.39 is 0 Å². The summed E-state index contributed by atoms with van der Waals surface area (Å²) in [5.74, 6) is 0. The fraction of sp³-hybridized carbons (Fsp3) is 0.167. The number of nitrogens with one attached hydrogen (secondary N) is 2. The largest absolute Gasteiger partial charge is 0.358 e. The molecular weight excluding hydrogens is 260 g/mol. The number of amides is 1. The Morgan fingerprint density at radius 1 is 1.10 bits per heavy atom. The molecule has 2 aromatic carbocycles. The van der Waals surface area contributed by atoms with Gasteiger partial charge in [0.25, 0.3) is 0 Å². The summed E-state index contributed by atoms with van der Waals surface area (Å²) in [6.07, 6.45) is 0.754. The zero-order valence-electron chi connectivity index (χ0n) is 12.2. The van der Waals surface area contributed by atoms with Gasteiger partial charge in [0, 0.05) is 22.2 Å². The lowest BCUT2D eigenvalue weighted by atomic mass is 9.94. The molecule has 0 saturated heterocycles. The van der Waals surface area contributed by atoms with Crippen molar-refractivity contribution in [2.75, 3.05) is 0 Å². The molecule has 0 aliphatic heterocycles. The Hall–Kier alpha value is -2.55. The smallest absolute Gasteiger partial charge is 0.207 e. The van der Waals surface area contributed by atoms with E-state index in [1.807, 2.05) is 25.1 Å². The lowest BCUT2D eigenvalue weighted by Gasteiger charge is -2.16. The van der Waals surface area contributed by atoms with Crippen LogP contribution in [0.4, 0.5) is 0 Å². The van der Waals surface area contributed by atoms with Gasteiger partial charge in [-0.3, -0.25) is 4.79 Å². The summed E-state index contributed by atoms with van der Waals surface area (Å²) in [6.45, 7) is 4.08. The summed E-state index contributed by atoms with van der Waals surface area (Å²) < 4.78 is 0. The summed E-state index contributed by atoms with van der Waals surface area (Å²) in [7, 11) is 0. The Labute approximate surface area is 124 Å². The average molecular weight is 278 g/mol. The molecule has 2 N–H and O–H groups in total. The molecule has 1 amide bonds. The SMILES string of the molecule is Cc1[nH]c2ccccc2c1-c1ccccc1C(C)NC=O. The van der Waals surface area contributed by atoms with Crippen LogP contribution >= 0.6 is 0 Å². The van der Waals surface area contributed by atoms with Gasteiger partial charge in [-0.1, -0.05) is 42.5 Å². The molecule has 1 unspecified atom stereocenters. The Balaban J connectivity index is 2.24. The van der Waals surface area contributed by atoms with Gasteiger partial charge in [-0.05, 0) is 31.0 Å². The van der Waals surface area contributed by atoms with Crippen molar-refractivity contribution >= 4 is 17.3 Å². The highest BCUT2D eigenvalue weighted by atomic mass is 16.1. The van der Waals surface area contributed by atoms with E-state index in [1.165, 1.54) is 10.9 Å². The summed E-state index contributed by atoms with van der Waals surface area (Å²) in [5, 5.41) is 4.05. The topological polar surface area (TPSA) is 44.9 Å². The second kappa shape index (κ2) is 5.44. The van der Waals surface area contributed by atoms with Crippen molar-refractivity contribution < 1.29 is 4.79 Å². The van der Waals surface area contributed by atoms with Crippen molar-refractivity contribution in [1.29, 1.82) is 0 Å². The van der Waals surface area contributed by atoms with Gasteiger partial charge in [-0.25, -0.2) is 0 Å². The third-order valence-corrected chi connectivity index (χ3v) is 3.91. The molecule has 0 saturated carbocycles. The van der Waals surface area contributed by atoms with Crippen molar-refractivity contribution in [3.05, 3.63) is 59.8 Å². The predicted molar refractivity (Wildman–Crippen MR) is 86.1 cm³/mol. The van der Waals surface area contributed by atoms with E-state index in [-0.39, 0.29) is 6.04 Å². The molecular formula is C18H18N2O. The zero-order chi connectivity index (χ0) is 14.8. The van der Waals surface area contributed by atoms with Gasteiger partial charge < -0.3 is 10.3 Å². The minimum atomic E-state index is -0.0215. The molecule has 3 rings (SSSR count). The van der Waals surface area contributed by atoms with Gasteiger partial charge >= 0.3 is 0 Å². The fourth-order valence-electron chi connectivity index (χ4n) is 2.92. The predicted octanol–water partition coefficient (Wildman–Crippen LogP) is 3.95. The van der Waals surface area contributed by atoms with Crippen LogP contribution in [0.2, 0.25) is 0 Å². The van der Waals surface area contributed by atoms with Crippen molar-refractivity contribution in [2.45, 2.75) is 19.9 Å². The molecule has 1 atom stereocenters. The van der Waals surface area contributed by atoms with Crippen LogP contribution in [0.1, 0.15) is 24.2 Å². The molecule has 3 nitrogen and oxygen atoms in total. The Morgan fingerprint density at radius 2 is 1.81 bits per heavy atom. The van der Waals surface area contributed by atoms with E-state index in [1.54, 1.807) is 0 Å². The van der Waals surface area contributed by atoms with Crippen LogP contribution in [-0.2, 0) is 4.79 Å². The molecule has 0 aliphatic carbocycles. The van der Waals surface area contributed by atoms with Crippen molar-refractivity contribution in [1.82, 2.24) is 10.3 Å². The van der Waals surface area contributed by atoms with Crippen molar-refractivity contribution in [2.24, 2.45) is 0 Å². The maximum absolute atomic E-state index is 10.7. The van der Waals surface area contributed by atoms with E-state index >= 15 is 0 Å². The fourth-order valence-corrected chi connectivity index (χ4v) is 2.92. The molecule has 1 aromatic heterocycles. The third-order valence-electron chi connectivity index (χ3n) is 3.91. The van der Waals surface area contributed by atoms with Crippen LogP contribution in [0.5, 0.6) is 0 Å². The second-order valence-electron chi connectivity index (χ2n) is 5.26. The number of fused-ring (bicyclic) bond motifs is 1. The number of benzene rings is 2. The van der Waals surface area contributed by atoms with E-state index in [2.05, 4.69) is 47.6 Å². The first-order chi connectivity index (χ1) is 10.2. The molecule has 0 aliphatic rings. The first-order valence-corrected chi connectivity index (χ1v) is 7.08. The number of aromatic nitrogens is 1. The number of aryl methyl sites for hydroxylation is 1. The number of rotatable bonds is 4. The monoisotopic (exact) mass is 278 g/mol. The minimum Gasteiger partial charge on any atom is -0.358 e. The first-order valence-electron chi connectivity index (χ1n) is 7.08. The molecule has 106 valence electrons. The van der Waals surface area contributed by atoms with Gasteiger partial charge in [0.1, 0.15) is 0 Å². The third kappa shape index (κ3) is 2.31. The maximum atomic E-state index is 10.7. The molecule has 3 aromatic rings. The van der Waals surface area contributed by atoms with E-state index in [4.69, 9.17) is 0 Å². The number of H-pyrrole nitrogens is 1. The van der Waals surface area contributed by atoms with Crippen LogP contribution in [0.3, 0.4) is 0 Å². The number of hydrogen-bond acceptors (Lipinski definition) is 1. The average Bonchev–Trinajstić information content (AvgIpc) is 2.83. The van der Waals surface area contributed by atoms with Crippen LogP contribution in [0.15, 0.2) is 48.5 Å². The number of para-hydroxylation sites is 1. The van der Waals surface area contributed by atoms with Crippen molar-refractivity contribution in [3.63, 3.8) is 0 Å². The minimum absolute atomic E-state index is 0.0215. The number of carbonyl (C=O) groups is 1. The molecule has 0 radical (unpaired) electrons. The lowest BCUT2D eigenvalue weighted by Crippen LogP contribution is -2.16. The Kier molecular flexibility index (Phi) is 3.48. The van der Waals surface area contributed by atoms with Crippen LogP contribution in [0, 0.1) is 6.92 Å². The molecule has 21 heavy (non-hydrogen) atoms. The van der Waals surface area contributed by atoms with Gasteiger partial charge in [0.15, 0.2) is 0 Å². The van der Waals surface area contributed by atoms with E-state index in [0.29, 0.717) is 0 Å². The highest BCUT2D eigenvalue weighted by Gasteiger charge is 2.16. The molecule has 3 heteroatoms. The summed E-state index contributed by atoms with van der Waals surface area (Å²) >= 11 is 0. The van der Waals surface area contributed by atoms with E-state index in [0.717, 1.165) is 28.7 Å². The number of carbonyl (C=O) groups excluding carboxylic acids is 1. The molecule has 0 bridgehead atoms. The van der Waals surface area contributed by atoms with Crippen LogP contribution in [-0.4, -0.2) is 11.4 Å². The molecule has 0 fully saturated rings. The van der Waals surface area contributed by atoms with Gasteiger partial charge in [0.2, 0.25) is 6.41 Å². The van der Waals surface area contributed by atoms with Crippen molar-refractivity contribution in [3.8, 4) is 11.1 Å². The van der Waals surface area contributed by atoms with Crippen LogP contribution < -0.4 is 5.32 Å². The summed E-state index contributed by atoms with van der Waals surface area (Å²) in [4.78, 5) is 14.2. The highest BCUT2D eigenvalue weighted by molar-refractivity contribution is 5.98. The summed E-state index contributed by atoms with van der Waals surface area (Å²) in [6, 6.07) is 16.5. The van der Waals surface area contributed by atoms with Gasteiger partial charge in [-0.15, -0.1) is 0 Å². The van der Waals surface area contributed by atoms with Crippen LogP contribution in [0.25, 0.3) is 22.0 Å². The van der Waals surface area contributed by atoms with E-state index in [9.17, 15) is 4.79 Å². The number of hydrogen-bond donors (Lipinski definition) is 2. The number of aromatic amines is 1. The zero-order valence-corrected chi connectivity index (χ0v) is 12.2. The Bertz CT molecular complexity index is 789. The lowest BCUT2D eigenvalue weighted by molar-refractivity contribution is -0.110.